The van der Waals surface area contributed by atoms with E-state index in [1.54, 1.807) is 26.8 Å². The van der Waals surface area contributed by atoms with E-state index in [1.165, 1.54) is 24.4 Å². The van der Waals surface area contributed by atoms with E-state index in [0.717, 1.165) is 0 Å². The maximum Gasteiger partial charge on any atom is 0.422 e. The first kappa shape index (κ1) is 22.1. The molecule has 0 aliphatic rings. The molecule has 10 heteroatoms. The van der Waals surface area contributed by atoms with E-state index >= 15 is 0 Å². The summed E-state index contributed by atoms with van der Waals surface area (Å²) in [6, 6.07) is 5.41. The Bertz CT molecular complexity index is 870. The van der Waals surface area contributed by atoms with E-state index in [1.807, 2.05) is 0 Å². The number of halogens is 3. The number of nitrogens with one attached hydrogen (secondary N) is 2. The van der Waals surface area contributed by atoms with E-state index in [4.69, 9.17) is 0 Å². The summed E-state index contributed by atoms with van der Waals surface area (Å²) in [4.78, 5) is 32.1. The molecule has 0 spiro atoms. The normalized spacial score (nSPS) is 12.2. The summed E-state index contributed by atoms with van der Waals surface area (Å²) in [5.41, 5.74) is 1.46. The van der Waals surface area contributed by atoms with Crippen LogP contribution in [0.1, 0.15) is 47.9 Å². The van der Waals surface area contributed by atoms with Gasteiger partial charge in [-0.2, -0.15) is 13.2 Å². The van der Waals surface area contributed by atoms with Crippen molar-refractivity contribution in [2.75, 3.05) is 11.9 Å². The molecule has 0 aliphatic carbocycles. The Balaban J connectivity index is 2.04. The fourth-order valence-corrected chi connectivity index (χ4v) is 2.35. The second kappa shape index (κ2) is 9.35. The standard InChI is InChI=1S/C19H21F3N4O3/c1-4-16(27)26-15-8-14(7-11(2)24-15)18(28)25-12(3)13-5-6-17(23-9-13)29-10-19(20,21)22/h5-9,12H,4,10H2,1-3H3,(H,25,28)(H,24,26,27). The van der Waals surface area contributed by atoms with Crippen LogP contribution >= 0.6 is 0 Å². The van der Waals surface area contributed by atoms with Gasteiger partial charge < -0.3 is 15.4 Å². The van der Waals surface area contributed by atoms with E-state index in [-0.39, 0.29) is 24.0 Å². The Morgan fingerprint density at radius 2 is 1.97 bits per heavy atom. The molecule has 0 bridgehead atoms. The van der Waals surface area contributed by atoms with Gasteiger partial charge in [-0.25, -0.2) is 9.97 Å². The molecule has 2 rings (SSSR count). The number of hydrogen-bond donors (Lipinski definition) is 2. The van der Waals surface area contributed by atoms with E-state index < -0.39 is 24.7 Å². The Morgan fingerprint density at radius 3 is 2.55 bits per heavy atom. The number of aryl methyl sites for hydroxylation is 1. The number of alkyl halides is 3. The minimum atomic E-state index is -4.44. The largest absolute Gasteiger partial charge is 0.468 e. The highest BCUT2D eigenvalue weighted by atomic mass is 19.4. The van der Waals surface area contributed by atoms with Gasteiger partial charge >= 0.3 is 6.18 Å². The molecule has 0 aliphatic heterocycles. The number of aromatic nitrogens is 2. The Labute approximate surface area is 165 Å². The summed E-state index contributed by atoms with van der Waals surface area (Å²) in [5.74, 6) is -0.498. The second-order valence-corrected chi connectivity index (χ2v) is 6.31. The topological polar surface area (TPSA) is 93.2 Å². The van der Waals surface area contributed by atoms with Crippen LogP contribution in [0.5, 0.6) is 5.88 Å². The quantitative estimate of drug-likeness (QED) is 0.728. The Hall–Kier alpha value is -3.17. The van der Waals surface area contributed by atoms with Gasteiger partial charge in [-0.05, 0) is 31.5 Å². The number of carbonyl (C=O) groups excluding carboxylic acids is 2. The van der Waals surface area contributed by atoms with E-state index in [9.17, 15) is 22.8 Å². The predicted molar refractivity (Wildman–Crippen MR) is 99.6 cm³/mol. The van der Waals surface area contributed by atoms with Crippen LogP contribution in [0.4, 0.5) is 19.0 Å². The molecule has 0 saturated heterocycles. The molecule has 0 aromatic carbocycles. The van der Waals surface area contributed by atoms with Gasteiger partial charge in [0.05, 0.1) is 6.04 Å². The summed E-state index contributed by atoms with van der Waals surface area (Å²) >= 11 is 0. The number of nitrogens with zero attached hydrogens (tertiary/aromatic N) is 2. The molecular formula is C19H21F3N4O3. The zero-order chi connectivity index (χ0) is 21.6. The lowest BCUT2D eigenvalue weighted by Crippen LogP contribution is -2.27. The molecular weight excluding hydrogens is 389 g/mol. The molecule has 2 N–H and O–H groups in total. The number of hydrogen-bond acceptors (Lipinski definition) is 5. The summed E-state index contributed by atoms with van der Waals surface area (Å²) in [5, 5.41) is 5.38. The number of anilines is 1. The molecule has 2 amide bonds. The van der Waals surface area contributed by atoms with Crippen molar-refractivity contribution in [3.63, 3.8) is 0 Å². The molecule has 7 nitrogen and oxygen atoms in total. The van der Waals surface area contributed by atoms with Crippen LogP contribution in [0.25, 0.3) is 0 Å². The first-order valence-corrected chi connectivity index (χ1v) is 8.82. The summed E-state index contributed by atoms with van der Waals surface area (Å²) in [6.07, 6.45) is -2.83. The lowest BCUT2D eigenvalue weighted by Gasteiger charge is -2.15. The van der Waals surface area contributed by atoms with Crippen LogP contribution in [0.2, 0.25) is 0 Å². The van der Waals surface area contributed by atoms with Crippen molar-refractivity contribution in [2.24, 2.45) is 0 Å². The minimum absolute atomic E-state index is 0.161. The fourth-order valence-electron chi connectivity index (χ4n) is 2.35. The van der Waals surface area contributed by atoms with Crippen LogP contribution in [-0.4, -0.2) is 34.6 Å². The van der Waals surface area contributed by atoms with Gasteiger partial charge in [-0.1, -0.05) is 13.0 Å². The number of rotatable bonds is 7. The molecule has 0 fully saturated rings. The average Bonchev–Trinajstić information content (AvgIpc) is 2.65. The number of carbonyl (C=O) groups is 2. The van der Waals surface area contributed by atoms with Crippen LogP contribution < -0.4 is 15.4 Å². The molecule has 156 valence electrons. The molecule has 1 unspecified atom stereocenters. The Kier molecular flexibility index (Phi) is 7.13. The average molecular weight is 410 g/mol. The SMILES string of the molecule is CCC(=O)Nc1cc(C(=O)NC(C)c2ccc(OCC(F)(F)F)nc2)cc(C)n1. The number of ether oxygens (including phenoxy) is 1. The molecule has 0 radical (unpaired) electrons. The molecule has 2 aromatic heterocycles. The van der Waals surface area contributed by atoms with Gasteiger partial charge in [-0.15, -0.1) is 0 Å². The second-order valence-electron chi connectivity index (χ2n) is 6.31. The van der Waals surface area contributed by atoms with Gasteiger partial charge in [0.15, 0.2) is 6.61 Å². The van der Waals surface area contributed by atoms with Crippen LogP contribution in [0.15, 0.2) is 30.5 Å². The highest BCUT2D eigenvalue weighted by molar-refractivity contribution is 5.96. The van der Waals surface area contributed by atoms with Crippen molar-refractivity contribution < 1.29 is 27.5 Å². The van der Waals surface area contributed by atoms with Crippen LogP contribution in [0, 0.1) is 6.92 Å². The maximum atomic E-state index is 12.5. The first-order chi connectivity index (χ1) is 13.6. The third kappa shape index (κ3) is 7.05. The highest BCUT2D eigenvalue weighted by Crippen LogP contribution is 2.19. The third-order valence-corrected chi connectivity index (χ3v) is 3.79. The molecule has 0 saturated carbocycles. The summed E-state index contributed by atoms with van der Waals surface area (Å²) in [7, 11) is 0. The van der Waals surface area contributed by atoms with Crippen molar-refractivity contribution in [1.82, 2.24) is 15.3 Å². The molecule has 29 heavy (non-hydrogen) atoms. The lowest BCUT2D eigenvalue weighted by atomic mass is 10.1. The lowest BCUT2D eigenvalue weighted by molar-refractivity contribution is -0.154. The summed E-state index contributed by atoms with van der Waals surface area (Å²) in [6.45, 7) is 3.68. The zero-order valence-corrected chi connectivity index (χ0v) is 16.1. The van der Waals surface area contributed by atoms with Crippen molar-refractivity contribution in [2.45, 2.75) is 39.4 Å². The molecule has 1 atom stereocenters. The van der Waals surface area contributed by atoms with Crippen molar-refractivity contribution in [3.05, 3.63) is 47.3 Å². The van der Waals surface area contributed by atoms with Gasteiger partial charge in [0, 0.05) is 29.9 Å². The van der Waals surface area contributed by atoms with Gasteiger partial charge in [0.2, 0.25) is 11.8 Å². The van der Waals surface area contributed by atoms with Gasteiger partial charge in [-0.3, -0.25) is 9.59 Å². The zero-order valence-electron chi connectivity index (χ0n) is 16.1. The van der Waals surface area contributed by atoms with E-state index in [0.29, 0.717) is 16.8 Å². The number of pyridine rings is 2. The first-order valence-electron chi connectivity index (χ1n) is 8.82. The number of amides is 2. The van der Waals surface area contributed by atoms with Gasteiger partial charge in [0.25, 0.3) is 5.91 Å². The Morgan fingerprint density at radius 1 is 1.24 bits per heavy atom. The predicted octanol–water partition coefficient (Wildman–Crippen LogP) is 3.57. The molecule has 2 aromatic rings. The highest BCUT2D eigenvalue weighted by Gasteiger charge is 2.28. The van der Waals surface area contributed by atoms with E-state index in [2.05, 4.69) is 25.3 Å². The van der Waals surface area contributed by atoms with Crippen molar-refractivity contribution in [3.8, 4) is 5.88 Å². The molecule has 2 heterocycles. The fraction of sp³-hybridized carbons (Fsp3) is 0.368. The van der Waals surface area contributed by atoms with Crippen LogP contribution in [-0.2, 0) is 4.79 Å². The smallest absolute Gasteiger partial charge is 0.422 e. The summed E-state index contributed by atoms with van der Waals surface area (Å²) < 4.78 is 41.1. The van der Waals surface area contributed by atoms with Crippen molar-refractivity contribution >= 4 is 17.6 Å². The minimum Gasteiger partial charge on any atom is -0.468 e. The van der Waals surface area contributed by atoms with Gasteiger partial charge in [0.1, 0.15) is 5.82 Å². The van der Waals surface area contributed by atoms with Crippen LogP contribution in [0.3, 0.4) is 0 Å². The van der Waals surface area contributed by atoms with Crippen molar-refractivity contribution in [1.29, 1.82) is 0 Å². The monoisotopic (exact) mass is 410 g/mol. The maximum absolute atomic E-state index is 12.5. The third-order valence-electron chi connectivity index (χ3n) is 3.79.